The number of ether oxygens (including phenoxy) is 3. The van der Waals surface area contributed by atoms with Crippen LogP contribution in [0.1, 0.15) is 6.42 Å². The number of hydrogen-bond acceptors (Lipinski definition) is 4. The van der Waals surface area contributed by atoms with E-state index in [0.29, 0.717) is 6.61 Å². The molecule has 0 aromatic heterocycles. The van der Waals surface area contributed by atoms with E-state index in [0.717, 1.165) is 57.4 Å². The van der Waals surface area contributed by atoms with Crippen molar-refractivity contribution in [1.29, 1.82) is 0 Å². The molecule has 1 aromatic rings. The maximum absolute atomic E-state index is 5.72. The van der Waals surface area contributed by atoms with Crippen LogP contribution in [0.2, 0.25) is 0 Å². The smallest absolute Gasteiger partial charge is 0.120 e. The number of rotatable bonds is 8. The number of hydrogen-bond donors (Lipinski definition) is 0. The van der Waals surface area contributed by atoms with Crippen molar-refractivity contribution in [1.82, 2.24) is 4.90 Å². The highest BCUT2D eigenvalue weighted by molar-refractivity contribution is 5.31. The lowest BCUT2D eigenvalue weighted by Crippen LogP contribution is -2.37. The van der Waals surface area contributed by atoms with Crippen molar-refractivity contribution < 1.29 is 14.2 Å². The lowest BCUT2D eigenvalue weighted by atomic mass is 10.3. The molecular formula is C16H23NO3. The number of nitrogens with zero attached hydrogens (tertiary/aromatic N) is 1. The summed E-state index contributed by atoms with van der Waals surface area (Å²) in [5, 5.41) is 0. The quantitative estimate of drug-likeness (QED) is 0.539. The van der Waals surface area contributed by atoms with E-state index in [4.69, 9.17) is 14.2 Å². The molecule has 110 valence electrons. The monoisotopic (exact) mass is 277 g/mol. The second-order valence-corrected chi connectivity index (χ2v) is 4.73. The van der Waals surface area contributed by atoms with E-state index >= 15 is 0 Å². The Morgan fingerprint density at radius 1 is 1.10 bits per heavy atom. The van der Waals surface area contributed by atoms with Crippen LogP contribution in [0.15, 0.2) is 36.9 Å². The fourth-order valence-corrected chi connectivity index (χ4v) is 2.09. The van der Waals surface area contributed by atoms with E-state index in [1.165, 1.54) is 0 Å². The van der Waals surface area contributed by atoms with Crippen LogP contribution in [0.5, 0.6) is 11.5 Å². The molecule has 1 fully saturated rings. The Morgan fingerprint density at radius 2 is 1.75 bits per heavy atom. The van der Waals surface area contributed by atoms with Crippen LogP contribution in [-0.2, 0) is 4.74 Å². The molecule has 0 N–H and O–H groups in total. The number of benzene rings is 1. The standard InChI is InChI=1S/C16H23NO3/c1-2-11-19-15-4-6-16(7-5-15)20-12-3-8-17-9-13-18-14-10-17/h2,4-7H,1,3,8-14H2. The van der Waals surface area contributed by atoms with Gasteiger partial charge in [0.25, 0.3) is 0 Å². The van der Waals surface area contributed by atoms with Crippen LogP contribution < -0.4 is 9.47 Å². The number of morpholine rings is 1. The Bertz CT molecular complexity index is 385. The van der Waals surface area contributed by atoms with Gasteiger partial charge in [0.2, 0.25) is 0 Å². The third kappa shape index (κ3) is 5.23. The Labute approximate surface area is 120 Å². The third-order valence-corrected chi connectivity index (χ3v) is 3.18. The molecule has 0 saturated carbocycles. The molecule has 4 heteroatoms. The molecule has 1 saturated heterocycles. The molecular weight excluding hydrogens is 254 g/mol. The minimum atomic E-state index is 0.528. The Balaban J connectivity index is 1.62. The first-order valence-corrected chi connectivity index (χ1v) is 7.15. The van der Waals surface area contributed by atoms with E-state index in [-0.39, 0.29) is 0 Å². The Morgan fingerprint density at radius 3 is 2.40 bits per heavy atom. The topological polar surface area (TPSA) is 30.9 Å². The largest absolute Gasteiger partial charge is 0.494 e. The summed E-state index contributed by atoms with van der Waals surface area (Å²) in [5.74, 6) is 1.73. The predicted octanol–water partition coefficient (Wildman–Crippen LogP) is 2.35. The van der Waals surface area contributed by atoms with Crippen molar-refractivity contribution >= 4 is 0 Å². The highest BCUT2D eigenvalue weighted by Crippen LogP contribution is 2.17. The van der Waals surface area contributed by atoms with Gasteiger partial charge in [0.05, 0.1) is 19.8 Å². The molecule has 4 nitrogen and oxygen atoms in total. The highest BCUT2D eigenvalue weighted by Gasteiger charge is 2.09. The van der Waals surface area contributed by atoms with Gasteiger partial charge in [-0.25, -0.2) is 0 Å². The van der Waals surface area contributed by atoms with Gasteiger partial charge in [-0.15, -0.1) is 0 Å². The molecule has 1 aliphatic heterocycles. The van der Waals surface area contributed by atoms with Crippen molar-refractivity contribution in [2.45, 2.75) is 6.42 Å². The van der Waals surface area contributed by atoms with Crippen LogP contribution in [0.4, 0.5) is 0 Å². The van der Waals surface area contributed by atoms with Crippen LogP contribution >= 0.6 is 0 Å². The molecule has 1 aromatic carbocycles. The molecule has 2 rings (SSSR count). The van der Waals surface area contributed by atoms with Gasteiger partial charge in [0, 0.05) is 19.6 Å². The molecule has 0 bridgehead atoms. The van der Waals surface area contributed by atoms with Crippen molar-refractivity contribution in [2.75, 3.05) is 46.1 Å². The summed E-state index contributed by atoms with van der Waals surface area (Å²) in [4.78, 5) is 2.42. The van der Waals surface area contributed by atoms with Gasteiger partial charge < -0.3 is 14.2 Å². The second kappa shape index (κ2) is 8.61. The second-order valence-electron chi connectivity index (χ2n) is 4.73. The van der Waals surface area contributed by atoms with E-state index in [2.05, 4.69) is 11.5 Å². The molecule has 0 aliphatic carbocycles. The van der Waals surface area contributed by atoms with Crippen molar-refractivity contribution in [3.63, 3.8) is 0 Å². The summed E-state index contributed by atoms with van der Waals surface area (Å²) < 4.78 is 16.5. The predicted molar refractivity (Wildman–Crippen MR) is 79.5 cm³/mol. The Hall–Kier alpha value is -1.52. The molecule has 1 aliphatic rings. The zero-order chi connectivity index (χ0) is 14.0. The SMILES string of the molecule is C=CCOc1ccc(OCCCN2CCOCC2)cc1. The molecule has 0 radical (unpaired) electrons. The lowest BCUT2D eigenvalue weighted by molar-refractivity contribution is 0.0358. The minimum Gasteiger partial charge on any atom is -0.494 e. The first-order valence-electron chi connectivity index (χ1n) is 7.15. The first kappa shape index (κ1) is 14.9. The average Bonchev–Trinajstić information content (AvgIpc) is 2.52. The van der Waals surface area contributed by atoms with Gasteiger partial charge >= 0.3 is 0 Å². The van der Waals surface area contributed by atoms with E-state index in [9.17, 15) is 0 Å². The molecule has 1 heterocycles. The van der Waals surface area contributed by atoms with Crippen LogP contribution in [0, 0.1) is 0 Å². The molecule has 0 spiro atoms. The highest BCUT2D eigenvalue weighted by atomic mass is 16.5. The van der Waals surface area contributed by atoms with Crippen molar-refractivity contribution in [3.05, 3.63) is 36.9 Å². The summed E-state index contributed by atoms with van der Waals surface area (Å²) in [6.07, 6.45) is 2.77. The average molecular weight is 277 g/mol. The summed E-state index contributed by atoms with van der Waals surface area (Å²) >= 11 is 0. The van der Waals surface area contributed by atoms with Gasteiger partial charge in [-0.1, -0.05) is 12.7 Å². The molecule has 20 heavy (non-hydrogen) atoms. The van der Waals surface area contributed by atoms with Crippen LogP contribution in [-0.4, -0.2) is 51.0 Å². The minimum absolute atomic E-state index is 0.528. The fraction of sp³-hybridized carbons (Fsp3) is 0.500. The van der Waals surface area contributed by atoms with Gasteiger partial charge in [0.15, 0.2) is 0 Å². The van der Waals surface area contributed by atoms with Crippen molar-refractivity contribution in [3.8, 4) is 11.5 Å². The summed E-state index contributed by atoms with van der Waals surface area (Å²) in [7, 11) is 0. The van der Waals surface area contributed by atoms with Crippen LogP contribution in [0.25, 0.3) is 0 Å². The lowest BCUT2D eigenvalue weighted by Gasteiger charge is -2.26. The van der Waals surface area contributed by atoms with E-state index < -0.39 is 0 Å². The molecule has 0 unspecified atom stereocenters. The normalized spacial score (nSPS) is 15.8. The van der Waals surface area contributed by atoms with E-state index in [1.807, 2.05) is 24.3 Å². The molecule has 0 amide bonds. The van der Waals surface area contributed by atoms with Crippen LogP contribution in [0.3, 0.4) is 0 Å². The Kier molecular flexibility index (Phi) is 6.41. The van der Waals surface area contributed by atoms with Gasteiger partial charge in [-0.2, -0.15) is 0 Å². The van der Waals surface area contributed by atoms with Crippen molar-refractivity contribution in [2.24, 2.45) is 0 Å². The fourth-order valence-electron chi connectivity index (χ4n) is 2.09. The van der Waals surface area contributed by atoms with Gasteiger partial charge in [-0.05, 0) is 30.7 Å². The summed E-state index contributed by atoms with van der Waals surface area (Å²) in [6.45, 7) is 9.74. The molecule has 0 atom stereocenters. The summed E-state index contributed by atoms with van der Waals surface area (Å²) in [5.41, 5.74) is 0. The maximum atomic E-state index is 5.72. The maximum Gasteiger partial charge on any atom is 0.120 e. The third-order valence-electron chi connectivity index (χ3n) is 3.18. The van der Waals surface area contributed by atoms with E-state index in [1.54, 1.807) is 6.08 Å². The van der Waals surface area contributed by atoms with Gasteiger partial charge in [-0.3, -0.25) is 4.90 Å². The summed E-state index contributed by atoms with van der Waals surface area (Å²) in [6, 6.07) is 7.71. The zero-order valence-electron chi connectivity index (χ0n) is 11.9. The first-order chi connectivity index (χ1) is 9.88. The zero-order valence-corrected chi connectivity index (χ0v) is 11.9. The van der Waals surface area contributed by atoms with Gasteiger partial charge in [0.1, 0.15) is 18.1 Å².